The smallest absolute Gasteiger partial charge is 0.756 e. The van der Waals surface area contributed by atoms with Crippen LogP contribution in [-0.2, 0) is 32.8 Å². The van der Waals surface area contributed by atoms with Crippen LogP contribution in [0.4, 0.5) is 0 Å². The van der Waals surface area contributed by atoms with Crippen LogP contribution >= 0.6 is 7.82 Å². The normalized spacial score (nSPS) is 12.9. The van der Waals surface area contributed by atoms with Crippen LogP contribution in [0.3, 0.4) is 0 Å². The molecule has 218 valence electrons. The van der Waals surface area contributed by atoms with Gasteiger partial charge in [-0.2, -0.15) is 0 Å². The number of hydrogen-bond acceptors (Lipinski definition) is 8. The van der Waals surface area contributed by atoms with Gasteiger partial charge in [-0.3, -0.25) is 4.57 Å². The molecule has 0 radical (unpaired) electrons. The van der Waals surface area contributed by atoms with Crippen molar-refractivity contribution in [3.05, 3.63) is 0 Å². The van der Waals surface area contributed by atoms with E-state index in [2.05, 4.69) is 11.4 Å². The summed E-state index contributed by atoms with van der Waals surface area (Å²) in [6, 6.07) is 0. The van der Waals surface area contributed by atoms with Gasteiger partial charge < -0.3 is 38.0 Å². The van der Waals surface area contributed by atoms with Crippen molar-refractivity contribution in [2.45, 2.75) is 96.8 Å². The topological polar surface area (TPSA) is 116 Å². The molecule has 0 rings (SSSR count). The zero-order valence-electron chi connectivity index (χ0n) is 23.8. The van der Waals surface area contributed by atoms with E-state index in [9.17, 15) is 9.46 Å². The molecular formula is C26H54NaO9P. The van der Waals surface area contributed by atoms with Crippen LogP contribution in [0, 0.1) is 0 Å². The van der Waals surface area contributed by atoms with Crippen LogP contribution in [0.5, 0.6) is 0 Å². The Hall–Kier alpha value is 0.910. The molecule has 11 heteroatoms. The van der Waals surface area contributed by atoms with Crippen LogP contribution in [0.15, 0.2) is 0 Å². The van der Waals surface area contributed by atoms with E-state index in [1.54, 1.807) is 0 Å². The summed E-state index contributed by atoms with van der Waals surface area (Å²) in [7, 11) is -4.66. The molecule has 0 amide bonds. The molecule has 1 atom stereocenters. The first-order valence-electron chi connectivity index (χ1n) is 14.1. The van der Waals surface area contributed by atoms with Gasteiger partial charge in [0.2, 0.25) is 0 Å². The third kappa shape index (κ3) is 39.1. The Morgan fingerprint density at radius 3 is 1.08 bits per heavy atom. The summed E-state index contributed by atoms with van der Waals surface area (Å²) < 4.78 is 41.4. The van der Waals surface area contributed by atoms with Crippen molar-refractivity contribution in [3.63, 3.8) is 0 Å². The van der Waals surface area contributed by atoms with Gasteiger partial charge in [0.05, 0.1) is 66.1 Å². The van der Waals surface area contributed by atoms with Gasteiger partial charge in [-0.05, 0) is 6.42 Å². The second-order valence-corrected chi connectivity index (χ2v) is 10.2. The SMILES string of the molecule is CCCCCCCCCCCCCCCCOCCOCCOCCOCCOCCOP(=O)([O-])O.[Na+]. The Kier molecular flexibility index (Phi) is 35.8. The van der Waals surface area contributed by atoms with Crippen molar-refractivity contribution >= 4 is 7.82 Å². The molecule has 0 aliphatic carbocycles. The van der Waals surface area contributed by atoms with Crippen LogP contribution in [0.1, 0.15) is 96.8 Å². The first kappa shape index (κ1) is 40.1. The molecule has 0 saturated carbocycles. The summed E-state index contributed by atoms with van der Waals surface area (Å²) in [5.74, 6) is 0. The van der Waals surface area contributed by atoms with Crippen molar-refractivity contribution in [2.75, 3.05) is 72.7 Å². The Bertz CT molecular complexity index is 469. The van der Waals surface area contributed by atoms with E-state index in [4.69, 9.17) is 28.6 Å². The molecule has 0 aliphatic rings. The maximum atomic E-state index is 10.3. The van der Waals surface area contributed by atoms with Crippen LogP contribution in [-0.4, -0.2) is 77.6 Å². The molecule has 0 aliphatic heterocycles. The van der Waals surface area contributed by atoms with E-state index >= 15 is 0 Å². The van der Waals surface area contributed by atoms with Crippen molar-refractivity contribution in [1.82, 2.24) is 0 Å². The molecule has 0 saturated heterocycles. The number of hydrogen-bond donors (Lipinski definition) is 1. The van der Waals surface area contributed by atoms with Gasteiger partial charge in [-0.25, -0.2) is 0 Å². The molecule has 9 nitrogen and oxygen atoms in total. The van der Waals surface area contributed by atoms with Crippen molar-refractivity contribution in [1.29, 1.82) is 0 Å². The number of rotatable bonds is 31. The summed E-state index contributed by atoms with van der Waals surface area (Å²) in [4.78, 5) is 18.7. The maximum Gasteiger partial charge on any atom is 1.00 e. The second kappa shape index (κ2) is 33.1. The van der Waals surface area contributed by atoms with Crippen LogP contribution in [0.25, 0.3) is 0 Å². The summed E-state index contributed by atoms with van der Waals surface area (Å²) in [6.07, 6.45) is 19.1. The summed E-state index contributed by atoms with van der Waals surface area (Å²) in [6.45, 7) is 6.74. The number of phosphoric ester groups is 1. The molecule has 37 heavy (non-hydrogen) atoms. The molecule has 0 spiro atoms. The van der Waals surface area contributed by atoms with Gasteiger partial charge in [-0.1, -0.05) is 90.4 Å². The van der Waals surface area contributed by atoms with Gasteiger partial charge in [0.25, 0.3) is 7.82 Å². The van der Waals surface area contributed by atoms with Gasteiger partial charge in [0.15, 0.2) is 0 Å². The van der Waals surface area contributed by atoms with Gasteiger partial charge in [-0.15, -0.1) is 0 Å². The van der Waals surface area contributed by atoms with Crippen molar-refractivity contribution < 1.29 is 72.1 Å². The minimum absolute atomic E-state index is 0. The standard InChI is InChI=1S/C26H55O9P.Na/c1-2-3-4-5-6-7-8-9-10-11-12-13-14-15-16-30-17-18-31-19-20-32-21-22-33-23-24-34-25-26-35-36(27,28)29;/h2-26H2,1H3,(H2,27,28,29);/q;+1/p-1. The second-order valence-electron chi connectivity index (χ2n) is 8.96. The minimum Gasteiger partial charge on any atom is -0.756 e. The quantitative estimate of drug-likeness (QED) is 0.0767. The largest absolute Gasteiger partial charge is 1.00 e. The summed E-state index contributed by atoms with van der Waals surface area (Å²) in [5.41, 5.74) is 0. The average Bonchev–Trinajstić information content (AvgIpc) is 2.84. The van der Waals surface area contributed by atoms with E-state index in [0.29, 0.717) is 52.9 Å². The first-order chi connectivity index (χ1) is 17.6. The molecule has 0 aromatic heterocycles. The van der Waals surface area contributed by atoms with E-state index in [1.807, 2.05) is 0 Å². The predicted molar refractivity (Wildman–Crippen MR) is 140 cm³/mol. The fraction of sp³-hybridized carbons (Fsp3) is 1.00. The van der Waals surface area contributed by atoms with Gasteiger partial charge in [0, 0.05) is 6.61 Å². The maximum absolute atomic E-state index is 10.3. The van der Waals surface area contributed by atoms with Crippen LogP contribution in [0.2, 0.25) is 0 Å². The van der Waals surface area contributed by atoms with Crippen molar-refractivity contribution in [2.24, 2.45) is 0 Å². The van der Waals surface area contributed by atoms with E-state index < -0.39 is 7.82 Å². The van der Waals surface area contributed by atoms with E-state index in [0.717, 1.165) is 13.0 Å². The molecule has 0 fully saturated rings. The number of phosphoric acid groups is 1. The Morgan fingerprint density at radius 2 is 0.757 bits per heavy atom. The summed E-state index contributed by atoms with van der Waals surface area (Å²) >= 11 is 0. The molecule has 0 aromatic carbocycles. The minimum atomic E-state index is -4.66. The zero-order valence-corrected chi connectivity index (χ0v) is 26.7. The number of ether oxygens (including phenoxy) is 5. The Morgan fingerprint density at radius 1 is 0.486 bits per heavy atom. The molecule has 1 unspecified atom stereocenters. The van der Waals surface area contributed by atoms with Crippen molar-refractivity contribution in [3.8, 4) is 0 Å². The summed E-state index contributed by atoms with van der Waals surface area (Å²) in [5, 5.41) is 0. The fourth-order valence-corrected chi connectivity index (χ4v) is 3.90. The Labute approximate surface area is 248 Å². The van der Waals surface area contributed by atoms with Gasteiger partial charge in [0.1, 0.15) is 0 Å². The number of unbranched alkanes of at least 4 members (excludes halogenated alkanes) is 13. The molecule has 0 heterocycles. The molecule has 1 N–H and O–H groups in total. The van der Waals surface area contributed by atoms with E-state index in [1.165, 1.54) is 83.5 Å². The fourth-order valence-electron chi connectivity index (χ4n) is 3.59. The predicted octanol–water partition coefficient (Wildman–Crippen LogP) is 2.03. The Balaban J connectivity index is 0. The third-order valence-corrected chi connectivity index (χ3v) is 6.12. The molecular weight excluding hydrogens is 510 g/mol. The van der Waals surface area contributed by atoms with E-state index in [-0.39, 0.29) is 42.8 Å². The average molecular weight is 565 g/mol. The molecule has 0 bridgehead atoms. The molecule has 0 aromatic rings. The first-order valence-corrected chi connectivity index (χ1v) is 15.6. The monoisotopic (exact) mass is 564 g/mol. The van der Waals surface area contributed by atoms with Crippen LogP contribution < -0.4 is 34.5 Å². The third-order valence-electron chi connectivity index (χ3n) is 5.61. The van der Waals surface area contributed by atoms with Gasteiger partial charge >= 0.3 is 29.6 Å². The zero-order chi connectivity index (χ0) is 26.4.